The van der Waals surface area contributed by atoms with E-state index < -0.39 is 5.91 Å². The summed E-state index contributed by atoms with van der Waals surface area (Å²) in [6.45, 7) is 1.46. The van der Waals surface area contributed by atoms with Crippen molar-refractivity contribution in [3.05, 3.63) is 59.3 Å². The van der Waals surface area contributed by atoms with Crippen LogP contribution < -0.4 is 15.8 Å². The second-order valence-corrected chi connectivity index (χ2v) is 7.16. The number of benzene rings is 2. The summed E-state index contributed by atoms with van der Waals surface area (Å²) in [4.78, 5) is 29.0. The maximum Gasteiger partial charge on any atom is 0.268 e. The monoisotopic (exact) mass is 420 g/mol. The Bertz CT molecular complexity index is 1170. The minimum absolute atomic E-state index is 0.0716. The Morgan fingerprint density at radius 3 is 2.74 bits per heavy atom. The number of ether oxygens (including phenoxy) is 1. The van der Waals surface area contributed by atoms with Crippen LogP contribution in [-0.4, -0.2) is 60.6 Å². The molecule has 0 saturated heterocycles. The predicted molar refractivity (Wildman–Crippen MR) is 118 cm³/mol. The molecule has 8 nitrogen and oxygen atoms in total. The number of amides is 2. The number of nitrogens with two attached hydrogens (primary N) is 1. The lowest BCUT2D eigenvalue weighted by molar-refractivity contribution is 0.0953. The van der Waals surface area contributed by atoms with Gasteiger partial charge in [0, 0.05) is 23.0 Å². The van der Waals surface area contributed by atoms with Crippen LogP contribution in [0.2, 0.25) is 0 Å². The summed E-state index contributed by atoms with van der Waals surface area (Å²) in [6, 6.07) is 11.5. The van der Waals surface area contributed by atoms with Crippen LogP contribution in [0.1, 0.15) is 26.4 Å². The van der Waals surface area contributed by atoms with E-state index in [1.165, 1.54) is 18.2 Å². The van der Waals surface area contributed by atoms with Gasteiger partial charge in [0.15, 0.2) is 0 Å². The first-order chi connectivity index (χ1) is 14.8. The van der Waals surface area contributed by atoms with E-state index in [-0.39, 0.29) is 23.8 Å². The number of nitrogens with zero attached hydrogens (tertiary/aromatic N) is 1. The fourth-order valence-corrected chi connectivity index (χ4v) is 2.87. The number of rotatable bonds is 7. The van der Waals surface area contributed by atoms with E-state index in [4.69, 9.17) is 10.5 Å². The number of aromatic amines is 1. The van der Waals surface area contributed by atoms with Crippen LogP contribution in [0.5, 0.6) is 11.5 Å². The lowest BCUT2D eigenvalue weighted by Gasteiger charge is -2.10. The number of carbonyl (C=O) groups is 2. The molecule has 0 fully saturated rings. The van der Waals surface area contributed by atoms with Gasteiger partial charge in [0.25, 0.3) is 5.91 Å². The first-order valence-electron chi connectivity index (χ1n) is 9.63. The number of H-pyrrole nitrogens is 1. The molecule has 0 aliphatic carbocycles. The Morgan fingerprint density at radius 1 is 1.19 bits per heavy atom. The zero-order valence-corrected chi connectivity index (χ0v) is 17.4. The van der Waals surface area contributed by atoms with Crippen molar-refractivity contribution in [3.63, 3.8) is 0 Å². The predicted octanol–water partition coefficient (Wildman–Crippen LogP) is 1.69. The van der Waals surface area contributed by atoms with E-state index in [0.717, 1.165) is 23.2 Å². The van der Waals surface area contributed by atoms with Gasteiger partial charge in [0.05, 0.1) is 12.1 Å². The molecule has 0 bridgehead atoms. The number of fused-ring (bicyclic) bond motifs is 1. The van der Waals surface area contributed by atoms with E-state index in [1.807, 2.05) is 37.2 Å². The molecule has 3 rings (SSSR count). The fraction of sp³-hybridized carbons (Fsp3) is 0.217. The van der Waals surface area contributed by atoms with Crippen molar-refractivity contribution in [2.24, 2.45) is 5.73 Å². The van der Waals surface area contributed by atoms with E-state index in [1.54, 1.807) is 6.07 Å². The molecule has 160 valence electrons. The third-order valence-electron chi connectivity index (χ3n) is 4.47. The Kier molecular flexibility index (Phi) is 6.80. The molecule has 0 radical (unpaired) electrons. The molecular weight excluding hydrogens is 396 g/mol. The largest absolute Gasteiger partial charge is 0.508 e. The number of carbonyl (C=O) groups excluding carboxylic acids is 2. The van der Waals surface area contributed by atoms with Gasteiger partial charge < -0.3 is 30.8 Å². The normalized spacial score (nSPS) is 10.5. The zero-order valence-electron chi connectivity index (χ0n) is 17.4. The number of hydrogen-bond donors (Lipinski definition) is 4. The number of aromatic nitrogens is 1. The highest BCUT2D eigenvalue weighted by molar-refractivity contribution is 5.98. The lowest BCUT2D eigenvalue weighted by Crippen LogP contribution is -2.23. The molecule has 0 atom stereocenters. The summed E-state index contributed by atoms with van der Waals surface area (Å²) >= 11 is 0. The van der Waals surface area contributed by atoms with Crippen molar-refractivity contribution in [2.45, 2.75) is 0 Å². The topological polar surface area (TPSA) is 121 Å². The van der Waals surface area contributed by atoms with Crippen molar-refractivity contribution >= 4 is 22.7 Å². The molecule has 0 unspecified atom stereocenters. The number of hydrogen-bond acceptors (Lipinski definition) is 5. The van der Waals surface area contributed by atoms with E-state index in [2.05, 4.69) is 22.1 Å². The maximum atomic E-state index is 12.4. The third kappa shape index (κ3) is 5.78. The third-order valence-corrected chi connectivity index (χ3v) is 4.47. The second-order valence-electron chi connectivity index (χ2n) is 7.16. The smallest absolute Gasteiger partial charge is 0.268 e. The van der Waals surface area contributed by atoms with Crippen molar-refractivity contribution in [2.75, 3.05) is 33.8 Å². The van der Waals surface area contributed by atoms with Crippen LogP contribution in [0.15, 0.2) is 42.5 Å². The highest BCUT2D eigenvalue weighted by Crippen LogP contribution is 2.22. The average molecular weight is 420 g/mol. The second kappa shape index (κ2) is 9.69. The molecule has 2 amide bonds. The average Bonchev–Trinajstić information content (AvgIpc) is 3.15. The molecule has 5 N–H and O–H groups in total. The van der Waals surface area contributed by atoms with Gasteiger partial charge in [-0.3, -0.25) is 9.59 Å². The standard InChI is InChI=1S/C23H24N4O4/c1-27(2)10-11-31-18-7-8-20-16(12-18)13-21(26-20)23(30)25-9-3-4-15-5-6-17(28)14-19(15)22(24)29/h5-8,12-14,26,28H,9-11H2,1-2H3,(H2,24,29)(H,25,30). The molecular formula is C23H24N4O4. The first kappa shape index (κ1) is 21.7. The Labute approximate surface area is 180 Å². The van der Waals surface area contributed by atoms with Crippen LogP contribution in [0.3, 0.4) is 0 Å². The zero-order chi connectivity index (χ0) is 22.4. The van der Waals surface area contributed by atoms with Gasteiger partial charge >= 0.3 is 0 Å². The van der Waals surface area contributed by atoms with Crippen LogP contribution in [-0.2, 0) is 0 Å². The number of phenolic OH excluding ortho intramolecular Hbond substituents is 1. The summed E-state index contributed by atoms with van der Waals surface area (Å²) < 4.78 is 5.73. The molecule has 2 aromatic carbocycles. The molecule has 0 saturated carbocycles. The van der Waals surface area contributed by atoms with Crippen molar-refractivity contribution in [1.29, 1.82) is 0 Å². The fourth-order valence-electron chi connectivity index (χ4n) is 2.87. The van der Waals surface area contributed by atoms with Gasteiger partial charge in [-0.05, 0) is 56.6 Å². The quantitative estimate of drug-likeness (QED) is 0.434. The van der Waals surface area contributed by atoms with Crippen LogP contribution in [0, 0.1) is 11.8 Å². The molecule has 8 heteroatoms. The van der Waals surface area contributed by atoms with Crippen LogP contribution in [0.4, 0.5) is 0 Å². The van der Waals surface area contributed by atoms with Crippen LogP contribution >= 0.6 is 0 Å². The SMILES string of the molecule is CN(C)CCOc1ccc2[nH]c(C(=O)NCC#Cc3ccc(O)cc3C(N)=O)cc2c1. The highest BCUT2D eigenvalue weighted by Gasteiger charge is 2.10. The van der Waals surface area contributed by atoms with Gasteiger partial charge in [0.1, 0.15) is 23.8 Å². The number of nitrogens with one attached hydrogen (secondary N) is 2. The molecule has 1 aromatic heterocycles. The molecule has 31 heavy (non-hydrogen) atoms. The number of primary amides is 1. The summed E-state index contributed by atoms with van der Waals surface area (Å²) in [5, 5.41) is 13.0. The summed E-state index contributed by atoms with van der Waals surface area (Å²) in [5.74, 6) is 5.24. The van der Waals surface area contributed by atoms with E-state index in [9.17, 15) is 14.7 Å². The first-order valence-corrected chi connectivity index (χ1v) is 9.63. The van der Waals surface area contributed by atoms with Gasteiger partial charge in [-0.2, -0.15) is 0 Å². The highest BCUT2D eigenvalue weighted by atomic mass is 16.5. The van der Waals surface area contributed by atoms with Gasteiger partial charge in [0.2, 0.25) is 5.91 Å². The lowest BCUT2D eigenvalue weighted by atomic mass is 10.1. The van der Waals surface area contributed by atoms with Crippen LogP contribution in [0.25, 0.3) is 10.9 Å². The number of aromatic hydroxyl groups is 1. The minimum atomic E-state index is -0.688. The molecule has 0 aliphatic rings. The summed E-state index contributed by atoms with van der Waals surface area (Å²) in [5.41, 5.74) is 7.03. The van der Waals surface area contributed by atoms with Crippen molar-refractivity contribution < 1.29 is 19.4 Å². The molecule has 0 aliphatic heterocycles. The maximum absolute atomic E-state index is 12.4. The minimum Gasteiger partial charge on any atom is -0.508 e. The van der Waals surface area contributed by atoms with Crippen molar-refractivity contribution in [1.82, 2.24) is 15.2 Å². The van der Waals surface area contributed by atoms with E-state index in [0.29, 0.717) is 17.9 Å². The molecule has 1 heterocycles. The Morgan fingerprint density at radius 2 is 2.00 bits per heavy atom. The van der Waals surface area contributed by atoms with Crippen molar-refractivity contribution in [3.8, 4) is 23.3 Å². The van der Waals surface area contributed by atoms with E-state index >= 15 is 0 Å². The number of likely N-dealkylation sites (N-methyl/N-ethyl adjacent to an activating group) is 1. The summed E-state index contributed by atoms with van der Waals surface area (Å²) in [7, 11) is 3.96. The number of phenols is 1. The molecule has 0 spiro atoms. The Balaban J connectivity index is 1.63. The summed E-state index contributed by atoms with van der Waals surface area (Å²) in [6.07, 6.45) is 0. The Hall–Kier alpha value is -3.96. The molecule has 3 aromatic rings. The van der Waals surface area contributed by atoms with Gasteiger partial charge in [-0.1, -0.05) is 11.8 Å². The van der Waals surface area contributed by atoms with Gasteiger partial charge in [-0.15, -0.1) is 0 Å². The van der Waals surface area contributed by atoms with Gasteiger partial charge in [-0.25, -0.2) is 0 Å².